The maximum atomic E-state index is 12.5. The number of benzene rings is 2. The molecule has 144 valence electrons. The van der Waals surface area contributed by atoms with E-state index in [4.69, 9.17) is 9.47 Å². The normalized spacial score (nSPS) is 11.5. The summed E-state index contributed by atoms with van der Waals surface area (Å²) < 4.78 is 10.7. The number of hydrogen-bond acceptors (Lipinski definition) is 4. The number of rotatable bonds is 9. The van der Waals surface area contributed by atoms with Gasteiger partial charge in [-0.3, -0.25) is 9.59 Å². The van der Waals surface area contributed by atoms with Gasteiger partial charge in [-0.05, 0) is 50.1 Å². The smallest absolute Gasteiger partial charge is 0.265 e. The number of para-hydroxylation sites is 1. The van der Waals surface area contributed by atoms with E-state index in [2.05, 4.69) is 10.6 Å². The molecule has 27 heavy (non-hydrogen) atoms. The molecule has 0 saturated heterocycles. The minimum Gasteiger partial charge on any atom is -0.481 e. The van der Waals surface area contributed by atoms with Crippen LogP contribution in [0.5, 0.6) is 5.75 Å². The van der Waals surface area contributed by atoms with Crippen molar-refractivity contribution in [2.24, 2.45) is 0 Å². The van der Waals surface area contributed by atoms with Crippen molar-refractivity contribution in [2.45, 2.75) is 26.4 Å². The summed E-state index contributed by atoms with van der Waals surface area (Å²) in [5, 5.41) is 5.60. The molecule has 0 saturated carbocycles. The van der Waals surface area contributed by atoms with Gasteiger partial charge < -0.3 is 20.1 Å². The second kappa shape index (κ2) is 10.3. The first-order valence-electron chi connectivity index (χ1n) is 8.91. The minimum atomic E-state index is -0.704. The number of amides is 2. The highest BCUT2D eigenvalue weighted by atomic mass is 16.5. The fourth-order valence-corrected chi connectivity index (χ4v) is 2.48. The van der Waals surface area contributed by atoms with Crippen molar-refractivity contribution in [3.63, 3.8) is 0 Å². The molecular formula is C21H26N2O4. The summed E-state index contributed by atoms with van der Waals surface area (Å²) in [5.41, 5.74) is 1.91. The number of carbonyl (C=O) groups excluding carboxylic acids is 2. The Balaban J connectivity index is 1.99. The van der Waals surface area contributed by atoms with Crippen LogP contribution in [0.1, 0.15) is 29.3 Å². The fourth-order valence-electron chi connectivity index (χ4n) is 2.48. The highest BCUT2D eigenvalue weighted by Crippen LogP contribution is 2.18. The first-order valence-corrected chi connectivity index (χ1v) is 8.91. The Hall–Kier alpha value is -2.86. The lowest BCUT2D eigenvalue weighted by Crippen LogP contribution is -2.32. The molecule has 2 N–H and O–H groups in total. The van der Waals surface area contributed by atoms with E-state index in [0.29, 0.717) is 30.2 Å². The lowest BCUT2D eigenvalue weighted by atomic mass is 10.1. The van der Waals surface area contributed by atoms with Crippen LogP contribution in [0.15, 0.2) is 48.5 Å². The third kappa shape index (κ3) is 6.42. The van der Waals surface area contributed by atoms with Gasteiger partial charge in [0, 0.05) is 20.3 Å². The van der Waals surface area contributed by atoms with E-state index in [1.807, 2.05) is 25.1 Å². The molecule has 0 bridgehead atoms. The molecule has 0 aliphatic heterocycles. The standard InChI is InChI=1S/C21H26N2O4/c1-15-8-6-9-17(14-15)27-16(2)20(24)23-19-11-5-4-10-18(19)21(25)22-12-7-13-26-3/h4-6,8-11,14,16H,7,12-13H2,1-3H3,(H,22,25)(H,23,24)/t16-/m1/s1. The molecule has 0 spiro atoms. The van der Waals surface area contributed by atoms with Crippen LogP contribution in [0.2, 0.25) is 0 Å². The maximum Gasteiger partial charge on any atom is 0.265 e. The van der Waals surface area contributed by atoms with Gasteiger partial charge in [-0.15, -0.1) is 0 Å². The van der Waals surface area contributed by atoms with Gasteiger partial charge in [0.15, 0.2) is 6.10 Å². The van der Waals surface area contributed by atoms with E-state index >= 15 is 0 Å². The van der Waals surface area contributed by atoms with E-state index in [1.54, 1.807) is 44.4 Å². The Morgan fingerprint density at radius 1 is 1.11 bits per heavy atom. The molecule has 0 aromatic heterocycles. The molecule has 2 rings (SSSR count). The van der Waals surface area contributed by atoms with Gasteiger partial charge in [-0.25, -0.2) is 0 Å². The molecule has 2 aromatic rings. The zero-order valence-corrected chi connectivity index (χ0v) is 16.0. The van der Waals surface area contributed by atoms with E-state index < -0.39 is 6.10 Å². The second-order valence-corrected chi connectivity index (χ2v) is 6.21. The lowest BCUT2D eigenvalue weighted by Gasteiger charge is -2.16. The summed E-state index contributed by atoms with van der Waals surface area (Å²) in [7, 11) is 1.62. The largest absolute Gasteiger partial charge is 0.481 e. The maximum absolute atomic E-state index is 12.5. The fraction of sp³-hybridized carbons (Fsp3) is 0.333. The Kier molecular flexibility index (Phi) is 7.82. The number of nitrogens with one attached hydrogen (secondary N) is 2. The molecule has 0 fully saturated rings. The second-order valence-electron chi connectivity index (χ2n) is 6.21. The van der Waals surface area contributed by atoms with Crippen LogP contribution < -0.4 is 15.4 Å². The van der Waals surface area contributed by atoms with Gasteiger partial charge in [-0.2, -0.15) is 0 Å². The number of carbonyl (C=O) groups is 2. The van der Waals surface area contributed by atoms with Gasteiger partial charge in [0.25, 0.3) is 11.8 Å². The minimum absolute atomic E-state index is 0.241. The monoisotopic (exact) mass is 370 g/mol. The van der Waals surface area contributed by atoms with Crippen LogP contribution in [0.4, 0.5) is 5.69 Å². The molecule has 0 radical (unpaired) electrons. The summed E-state index contributed by atoms with van der Waals surface area (Å²) in [5.74, 6) is 0.0622. The van der Waals surface area contributed by atoms with Crippen LogP contribution in [0, 0.1) is 6.92 Å². The summed E-state index contributed by atoms with van der Waals surface area (Å²) >= 11 is 0. The number of aryl methyl sites for hydroxylation is 1. The van der Waals surface area contributed by atoms with Crippen LogP contribution in [-0.4, -0.2) is 38.2 Å². The average molecular weight is 370 g/mol. The molecule has 6 heteroatoms. The topological polar surface area (TPSA) is 76.7 Å². The van der Waals surface area contributed by atoms with Gasteiger partial charge >= 0.3 is 0 Å². The van der Waals surface area contributed by atoms with E-state index in [1.165, 1.54) is 0 Å². The molecule has 2 amide bonds. The lowest BCUT2D eigenvalue weighted by molar-refractivity contribution is -0.122. The molecular weight excluding hydrogens is 344 g/mol. The average Bonchev–Trinajstić information content (AvgIpc) is 2.65. The van der Waals surface area contributed by atoms with Gasteiger partial charge in [-0.1, -0.05) is 24.3 Å². The highest BCUT2D eigenvalue weighted by molar-refractivity contribution is 6.04. The van der Waals surface area contributed by atoms with Crippen molar-refractivity contribution >= 4 is 17.5 Å². The number of anilines is 1. The Morgan fingerprint density at radius 3 is 2.63 bits per heavy atom. The molecule has 1 atom stereocenters. The molecule has 6 nitrogen and oxygen atoms in total. The van der Waals surface area contributed by atoms with Crippen LogP contribution in [0.3, 0.4) is 0 Å². The Morgan fingerprint density at radius 2 is 1.89 bits per heavy atom. The van der Waals surface area contributed by atoms with Crippen molar-refractivity contribution in [3.05, 3.63) is 59.7 Å². The van der Waals surface area contributed by atoms with Gasteiger partial charge in [0.05, 0.1) is 11.3 Å². The third-order valence-corrected chi connectivity index (χ3v) is 3.91. The third-order valence-electron chi connectivity index (χ3n) is 3.91. The van der Waals surface area contributed by atoms with Crippen molar-refractivity contribution in [1.82, 2.24) is 5.32 Å². The van der Waals surface area contributed by atoms with Crippen LogP contribution in [0.25, 0.3) is 0 Å². The Labute approximate surface area is 159 Å². The van der Waals surface area contributed by atoms with E-state index in [0.717, 1.165) is 12.0 Å². The molecule has 0 aliphatic carbocycles. The van der Waals surface area contributed by atoms with E-state index in [9.17, 15) is 9.59 Å². The van der Waals surface area contributed by atoms with Gasteiger partial charge in [0.2, 0.25) is 0 Å². The quantitative estimate of drug-likeness (QED) is 0.665. The van der Waals surface area contributed by atoms with Crippen molar-refractivity contribution in [2.75, 3.05) is 25.6 Å². The van der Waals surface area contributed by atoms with Crippen molar-refractivity contribution < 1.29 is 19.1 Å². The predicted octanol–water partition coefficient (Wildman–Crippen LogP) is 3.17. The van der Waals surface area contributed by atoms with E-state index in [-0.39, 0.29) is 11.8 Å². The molecule has 2 aromatic carbocycles. The van der Waals surface area contributed by atoms with Crippen LogP contribution >= 0.6 is 0 Å². The number of ether oxygens (including phenoxy) is 2. The van der Waals surface area contributed by atoms with Gasteiger partial charge in [0.1, 0.15) is 5.75 Å². The zero-order valence-electron chi connectivity index (χ0n) is 16.0. The Bertz CT molecular complexity index is 776. The SMILES string of the molecule is COCCCNC(=O)c1ccccc1NC(=O)[C@@H](C)Oc1cccc(C)c1. The summed E-state index contributed by atoms with van der Waals surface area (Å²) in [6.07, 6.45) is 0.0163. The molecule has 0 heterocycles. The molecule has 0 aliphatic rings. The summed E-state index contributed by atoms with van der Waals surface area (Å²) in [6.45, 7) is 4.71. The number of methoxy groups -OCH3 is 1. The highest BCUT2D eigenvalue weighted by Gasteiger charge is 2.18. The summed E-state index contributed by atoms with van der Waals surface area (Å²) in [4.78, 5) is 24.9. The predicted molar refractivity (Wildman–Crippen MR) is 105 cm³/mol. The first kappa shape index (κ1) is 20.5. The summed E-state index contributed by atoms with van der Waals surface area (Å²) in [6, 6.07) is 14.4. The first-order chi connectivity index (χ1) is 13.0. The van der Waals surface area contributed by atoms with Crippen LogP contribution in [-0.2, 0) is 9.53 Å². The number of hydrogen-bond donors (Lipinski definition) is 2. The van der Waals surface area contributed by atoms with Crippen molar-refractivity contribution in [1.29, 1.82) is 0 Å². The molecule has 0 unspecified atom stereocenters. The zero-order chi connectivity index (χ0) is 19.6. The van der Waals surface area contributed by atoms with Crippen molar-refractivity contribution in [3.8, 4) is 5.75 Å².